The lowest BCUT2D eigenvalue weighted by Gasteiger charge is -2.09. The van der Waals surface area contributed by atoms with E-state index in [9.17, 15) is 9.59 Å². The number of hydrogen-bond donors (Lipinski definition) is 2. The van der Waals surface area contributed by atoms with Gasteiger partial charge in [-0.25, -0.2) is 9.48 Å². The topological polar surface area (TPSA) is 99.2 Å². The minimum atomic E-state index is -0.553. The second-order valence-electron chi connectivity index (χ2n) is 6.22. The Balaban J connectivity index is 1.80. The van der Waals surface area contributed by atoms with Gasteiger partial charge in [0.25, 0.3) is 5.91 Å². The van der Waals surface area contributed by atoms with E-state index in [1.807, 2.05) is 32.0 Å². The molecule has 7 heteroatoms. The first-order valence-corrected chi connectivity index (χ1v) is 8.31. The molecule has 0 aliphatic carbocycles. The summed E-state index contributed by atoms with van der Waals surface area (Å²) in [5, 5.41) is 7.00. The summed E-state index contributed by atoms with van der Waals surface area (Å²) < 4.78 is 6.08. The Morgan fingerprint density at radius 2 is 1.70 bits per heavy atom. The number of benzene rings is 2. The molecule has 0 saturated carbocycles. The van der Waals surface area contributed by atoms with Crippen LogP contribution < -0.4 is 11.1 Å². The smallest absolute Gasteiger partial charge is 0.343 e. The molecule has 0 unspecified atom stereocenters. The number of carbonyl (C=O) groups is 2. The molecule has 0 bridgehead atoms. The number of amides is 1. The first kappa shape index (κ1) is 18.2. The zero-order valence-electron chi connectivity index (χ0n) is 15.3. The zero-order chi connectivity index (χ0) is 19.6. The predicted octanol–water partition coefficient (Wildman–Crippen LogP) is 3.11. The highest BCUT2D eigenvalue weighted by Gasteiger charge is 2.16. The third-order valence-electron chi connectivity index (χ3n) is 4.07. The molecule has 0 radical (unpaired) electrons. The molecule has 0 aliphatic rings. The summed E-state index contributed by atoms with van der Waals surface area (Å²) in [4.78, 5) is 24.1. The number of methoxy groups -OCH3 is 1. The normalized spacial score (nSPS) is 10.5. The Kier molecular flexibility index (Phi) is 4.94. The van der Waals surface area contributed by atoms with E-state index in [2.05, 4.69) is 15.2 Å². The molecule has 27 heavy (non-hydrogen) atoms. The van der Waals surface area contributed by atoms with Gasteiger partial charge < -0.3 is 15.8 Å². The number of hydrogen-bond acceptors (Lipinski definition) is 5. The van der Waals surface area contributed by atoms with Crippen LogP contribution in [-0.4, -0.2) is 28.8 Å². The van der Waals surface area contributed by atoms with Crippen LogP contribution in [0.5, 0.6) is 0 Å². The van der Waals surface area contributed by atoms with E-state index in [1.165, 1.54) is 18.0 Å². The number of rotatable bonds is 4. The molecule has 0 aliphatic heterocycles. The van der Waals surface area contributed by atoms with E-state index in [0.29, 0.717) is 11.3 Å². The van der Waals surface area contributed by atoms with Crippen molar-refractivity contribution in [1.82, 2.24) is 9.78 Å². The van der Waals surface area contributed by atoms with E-state index >= 15 is 0 Å². The average Bonchev–Trinajstić information content (AvgIpc) is 3.01. The predicted molar refractivity (Wildman–Crippen MR) is 103 cm³/mol. The van der Waals surface area contributed by atoms with E-state index < -0.39 is 5.97 Å². The highest BCUT2D eigenvalue weighted by atomic mass is 16.5. The molecule has 1 heterocycles. The number of anilines is 2. The molecule has 3 rings (SSSR count). The number of nitrogen functional groups attached to an aromatic ring is 1. The van der Waals surface area contributed by atoms with Crippen LogP contribution in [0, 0.1) is 13.8 Å². The van der Waals surface area contributed by atoms with Crippen molar-refractivity contribution >= 4 is 23.4 Å². The van der Waals surface area contributed by atoms with E-state index in [0.717, 1.165) is 16.8 Å². The number of carbonyl (C=O) groups excluding carboxylic acids is 2. The maximum atomic E-state index is 12.5. The lowest BCUT2D eigenvalue weighted by atomic mass is 10.1. The van der Waals surface area contributed by atoms with E-state index in [-0.39, 0.29) is 17.3 Å². The second-order valence-corrected chi connectivity index (χ2v) is 6.22. The molecular weight excluding hydrogens is 344 g/mol. The van der Waals surface area contributed by atoms with Crippen LogP contribution in [0.1, 0.15) is 31.8 Å². The number of aromatic nitrogens is 2. The summed E-state index contributed by atoms with van der Waals surface area (Å²) in [6.07, 6.45) is 1.35. The molecular formula is C20H20N4O3. The molecule has 0 atom stereocenters. The summed E-state index contributed by atoms with van der Waals surface area (Å²) in [6.45, 7) is 3.96. The summed E-state index contributed by atoms with van der Waals surface area (Å²) in [7, 11) is 1.28. The number of nitrogens with two attached hydrogens (primary N) is 1. The minimum Gasteiger partial charge on any atom is -0.465 e. The van der Waals surface area contributed by atoms with Crippen LogP contribution in [0.3, 0.4) is 0 Å². The quantitative estimate of drug-likeness (QED) is 0.693. The molecule has 3 N–H and O–H groups in total. The summed E-state index contributed by atoms with van der Waals surface area (Å²) in [6, 6.07) is 12.6. The van der Waals surface area contributed by atoms with Gasteiger partial charge in [0.1, 0.15) is 11.4 Å². The van der Waals surface area contributed by atoms with Crippen LogP contribution in [0.2, 0.25) is 0 Å². The second kappa shape index (κ2) is 7.33. The fourth-order valence-electron chi connectivity index (χ4n) is 2.84. The number of aryl methyl sites for hydroxylation is 2. The van der Waals surface area contributed by atoms with Gasteiger partial charge in [0, 0.05) is 11.3 Å². The van der Waals surface area contributed by atoms with Crippen molar-refractivity contribution in [3.8, 4) is 5.69 Å². The van der Waals surface area contributed by atoms with Crippen molar-refractivity contribution in [1.29, 1.82) is 0 Å². The third kappa shape index (κ3) is 3.82. The maximum absolute atomic E-state index is 12.5. The van der Waals surface area contributed by atoms with Gasteiger partial charge in [0.05, 0.1) is 19.0 Å². The van der Waals surface area contributed by atoms with Crippen molar-refractivity contribution in [2.75, 3.05) is 18.2 Å². The van der Waals surface area contributed by atoms with Gasteiger partial charge in [0.2, 0.25) is 0 Å². The number of nitrogens with one attached hydrogen (secondary N) is 1. The summed E-state index contributed by atoms with van der Waals surface area (Å²) >= 11 is 0. The van der Waals surface area contributed by atoms with E-state index in [4.69, 9.17) is 5.73 Å². The van der Waals surface area contributed by atoms with Crippen LogP contribution in [0.25, 0.3) is 5.69 Å². The lowest BCUT2D eigenvalue weighted by Crippen LogP contribution is -2.12. The fourth-order valence-corrected chi connectivity index (χ4v) is 2.84. The van der Waals surface area contributed by atoms with Crippen molar-refractivity contribution in [2.45, 2.75) is 13.8 Å². The van der Waals surface area contributed by atoms with Gasteiger partial charge in [-0.3, -0.25) is 4.79 Å². The van der Waals surface area contributed by atoms with Gasteiger partial charge in [-0.15, -0.1) is 0 Å². The van der Waals surface area contributed by atoms with Crippen molar-refractivity contribution < 1.29 is 14.3 Å². The molecule has 1 aromatic heterocycles. The first-order valence-electron chi connectivity index (χ1n) is 8.31. The maximum Gasteiger partial charge on any atom is 0.343 e. The van der Waals surface area contributed by atoms with Crippen LogP contribution in [-0.2, 0) is 4.74 Å². The fraction of sp³-hybridized carbons (Fsp3) is 0.150. The number of nitrogens with zero attached hydrogens (tertiary/aromatic N) is 2. The highest BCUT2D eigenvalue weighted by Crippen LogP contribution is 2.19. The lowest BCUT2D eigenvalue weighted by molar-refractivity contribution is 0.0602. The molecule has 138 valence electrons. The van der Waals surface area contributed by atoms with Crippen LogP contribution in [0.15, 0.2) is 48.7 Å². The molecule has 0 saturated heterocycles. The Morgan fingerprint density at radius 1 is 1.07 bits per heavy atom. The Bertz CT molecular complexity index is 986. The number of ether oxygens (including phenoxy) is 1. The molecule has 3 aromatic rings. The highest BCUT2D eigenvalue weighted by molar-refractivity contribution is 6.04. The Hall–Kier alpha value is -3.61. The Labute approximate surface area is 156 Å². The van der Waals surface area contributed by atoms with Gasteiger partial charge in [-0.2, -0.15) is 5.10 Å². The van der Waals surface area contributed by atoms with Crippen LogP contribution >= 0.6 is 0 Å². The van der Waals surface area contributed by atoms with Gasteiger partial charge in [0.15, 0.2) is 0 Å². The molecule has 7 nitrogen and oxygen atoms in total. The minimum absolute atomic E-state index is 0.175. The van der Waals surface area contributed by atoms with Crippen LogP contribution in [0.4, 0.5) is 11.5 Å². The zero-order valence-corrected chi connectivity index (χ0v) is 15.3. The largest absolute Gasteiger partial charge is 0.465 e. The van der Waals surface area contributed by atoms with Crippen molar-refractivity contribution in [2.24, 2.45) is 0 Å². The van der Waals surface area contributed by atoms with Gasteiger partial charge in [-0.1, -0.05) is 6.07 Å². The molecule has 1 amide bonds. The summed E-state index contributed by atoms with van der Waals surface area (Å²) in [5.41, 5.74) is 10.2. The SMILES string of the molecule is COC(=O)c1cnn(-c2ccc(C(=O)Nc3cc(C)cc(C)c3)cc2)c1N. The van der Waals surface area contributed by atoms with E-state index in [1.54, 1.807) is 24.3 Å². The number of esters is 1. The standard InChI is InChI=1S/C20H20N4O3/c1-12-8-13(2)10-15(9-12)23-19(25)14-4-6-16(7-5-14)24-18(21)17(11-22-24)20(26)27-3/h4-11H,21H2,1-3H3,(H,23,25). The average molecular weight is 364 g/mol. The monoisotopic (exact) mass is 364 g/mol. The van der Waals surface area contributed by atoms with Crippen molar-refractivity contribution in [3.63, 3.8) is 0 Å². The van der Waals surface area contributed by atoms with Crippen molar-refractivity contribution in [3.05, 3.63) is 70.9 Å². The van der Waals surface area contributed by atoms with Gasteiger partial charge in [-0.05, 0) is 61.4 Å². The molecule has 2 aromatic carbocycles. The molecule has 0 fully saturated rings. The summed E-state index contributed by atoms with van der Waals surface area (Å²) in [5.74, 6) is -0.590. The Morgan fingerprint density at radius 3 is 2.30 bits per heavy atom. The third-order valence-corrected chi connectivity index (χ3v) is 4.07. The molecule has 0 spiro atoms. The first-order chi connectivity index (χ1) is 12.9. The van der Waals surface area contributed by atoms with Gasteiger partial charge >= 0.3 is 5.97 Å².